The van der Waals surface area contributed by atoms with Gasteiger partial charge in [-0.15, -0.1) is 21.5 Å². The molecule has 0 bridgehead atoms. The molecule has 0 amide bonds. The molecular weight excluding hydrogens is 389 g/mol. The Bertz CT molecular complexity index is 1200. The molecule has 1 aliphatic carbocycles. The van der Waals surface area contributed by atoms with E-state index in [-0.39, 0.29) is 11.2 Å². The van der Waals surface area contributed by atoms with E-state index in [2.05, 4.69) is 36.5 Å². The molecule has 0 N–H and O–H groups in total. The Hall–Kier alpha value is -2.87. The van der Waals surface area contributed by atoms with E-state index in [0.717, 1.165) is 48.4 Å². The lowest BCUT2D eigenvalue weighted by Gasteiger charge is -2.33. The molecule has 2 aliphatic rings. The fourth-order valence-corrected chi connectivity index (χ4v) is 5.28. The third-order valence-corrected chi connectivity index (χ3v) is 7.12. The Balaban J connectivity index is 1.18. The molecule has 0 radical (unpaired) electrons. The van der Waals surface area contributed by atoms with Gasteiger partial charge in [-0.25, -0.2) is 14.4 Å². The van der Waals surface area contributed by atoms with Crippen LogP contribution in [-0.2, 0) is 0 Å². The highest BCUT2D eigenvalue weighted by atomic mass is 32.1. The van der Waals surface area contributed by atoms with Crippen molar-refractivity contribution in [2.24, 2.45) is 5.41 Å². The number of rotatable bonds is 3. The molecule has 4 heterocycles. The van der Waals surface area contributed by atoms with Crippen LogP contribution >= 0.6 is 11.3 Å². The number of thiophene rings is 1. The third kappa shape index (κ3) is 2.81. The zero-order valence-corrected chi connectivity index (χ0v) is 16.4. The van der Waals surface area contributed by atoms with Crippen molar-refractivity contribution in [3.05, 3.63) is 53.7 Å². The van der Waals surface area contributed by atoms with Gasteiger partial charge >= 0.3 is 0 Å². The van der Waals surface area contributed by atoms with Gasteiger partial charge in [-0.2, -0.15) is 0 Å². The molecule has 1 aliphatic heterocycles. The number of hydrogen-bond acceptors (Lipinski definition) is 7. The van der Waals surface area contributed by atoms with E-state index in [0.29, 0.717) is 23.3 Å². The van der Waals surface area contributed by atoms with Gasteiger partial charge in [0.2, 0.25) is 11.8 Å². The second-order valence-electron chi connectivity index (χ2n) is 7.90. The molecule has 1 saturated heterocycles. The number of fused-ring (bicyclic) bond motifs is 1. The van der Waals surface area contributed by atoms with Gasteiger partial charge < -0.3 is 9.32 Å². The highest BCUT2D eigenvalue weighted by Crippen LogP contribution is 2.64. The van der Waals surface area contributed by atoms with Crippen LogP contribution in [0.25, 0.3) is 21.7 Å². The minimum absolute atomic E-state index is 0.239. The summed E-state index contributed by atoms with van der Waals surface area (Å²) in [5.74, 6) is 2.10. The molecule has 2 fully saturated rings. The fourth-order valence-electron chi connectivity index (χ4n) is 4.56. The summed E-state index contributed by atoms with van der Waals surface area (Å²) in [7, 11) is 0. The fraction of sp³-hybridized carbons (Fsp3) is 0.333. The largest absolute Gasteiger partial charge is 0.420 e. The lowest BCUT2D eigenvalue weighted by Crippen LogP contribution is -2.35. The predicted octanol–water partition coefficient (Wildman–Crippen LogP) is 4.65. The highest BCUT2D eigenvalue weighted by Gasteiger charge is 2.58. The van der Waals surface area contributed by atoms with E-state index in [1.54, 1.807) is 29.8 Å². The average Bonchev–Trinajstić information content (AvgIpc) is 3.13. The first-order chi connectivity index (χ1) is 14.2. The Morgan fingerprint density at radius 1 is 1.14 bits per heavy atom. The van der Waals surface area contributed by atoms with Crippen LogP contribution in [0.3, 0.4) is 0 Å². The van der Waals surface area contributed by atoms with Crippen molar-refractivity contribution in [1.82, 2.24) is 20.2 Å². The number of anilines is 1. The van der Waals surface area contributed by atoms with E-state index in [1.807, 2.05) is 0 Å². The molecule has 1 spiro atoms. The molecule has 146 valence electrons. The maximum absolute atomic E-state index is 13.5. The Kier molecular flexibility index (Phi) is 3.71. The van der Waals surface area contributed by atoms with Gasteiger partial charge in [-0.3, -0.25) is 0 Å². The molecule has 0 unspecified atom stereocenters. The molecule has 3 aromatic heterocycles. The zero-order valence-electron chi connectivity index (χ0n) is 15.6. The van der Waals surface area contributed by atoms with Crippen LogP contribution in [0.5, 0.6) is 0 Å². The molecule has 4 aromatic rings. The van der Waals surface area contributed by atoms with Crippen LogP contribution in [0.1, 0.15) is 31.1 Å². The molecule has 6 rings (SSSR count). The minimum atomic E-state index is -0.304. The molecule has 1 atom stereocenters. The van der Waals surface area contributed by atoms with Crippen LogP contribution in [-0.4, -0.2) is 33.3 Å². The van der Waals surface area contributed by atoms with Crippen LogP contribution < -0.4 is 4.90 Å². The second-order valence-corrected chi connectivity index (χ2v) is 8.79. The van der Waals surface area contributed by atoms with Crippen molar-refractivity contribution < 1.29 is 8.81 Å². The van der Waals surface area contributed by atoms with Crippen LogP contribution in [0, 0.1) is 11.2 Å². The Labute approximate surface area is 170 Å². The number of hydrogen-bond donors (Lipinski definition) is 0. The lowest BCUT2D eigenvalue weighted by atomic mass is 9.90. The predicted molar refractivity (Wildman–Crippen MR) is 108 cm³/mol. The van der Waals surface area contributed by atoms with E-state index in [4.69, 9.17) is 4.42 Å². The summed E-state index contributed by atoms with van der Waals surface area (Å²) < 4.78 is 19.4. The topological polar surface area (TPSA) is 67.9 Å². The van der Waals surface area contributed by atoms with E-state index < -0.39 is 0 Å². The van der Waals surface area contributed by atoms with Gasteiger partial charge in [0.1, 0.15) is 22.8 Å². The van der Waals surface area contributed by atoms with E-state index >= 15 is 0 Å². The van der Waals surface area contributed by atoms with Crippen molar-refractivity contribution in [1.29, 1.82) is 0 Å². The van der Waals surface area contributed by atoms with Crippen LogP contribution in [0.4, 0.5) is 10.2 Å². The molecular formula is C21H18FN5OS. The molecule has 8 heteroatoms. The Morgan fingerprint density at radius 3 is 2.90 bits per heavy atom. The lowest BCUT2D eigenvalue weighted by molar-refractivity contribution is 0.352. The monoisotopic (exact) mass is 407 g/mol. The van der Waals surface area contributed by atoms with E-state index in [1.165, 1.54) is 12.1 Å². The molecule has 1 saturated carbocycles. The van der Waals surface area contributed by atoms with Crippen molar-refractivity contribution in [2.45, 2.75) is 25.2 Å². The van der Waals surface area contributed by atoms with E-state index in [9.17, 15) is 4.39 Å². The SMILES string of the molecule is Fc1cccc(-c2nnc([C@H]3CC34CCN(c3ncnc5sccc35)CC4)o2)c1. The summed E-state index contributed by atoms with van der Waals surface area (Å²) in [6, 6.07) is 8.37. The number of piperidine rings is 1. The van der Waals surface area contributed by atoms with Gasteiger partial charge in [0.05, 0.1) is 5.39 Å². The van der Waals surface area contributed by atoms with Crippen molar-refractivity contribution in [2.75, 3.05) is 18.0 Å². The summed E-state index contributed by atoms with van der Waals surface area (Å²) in [6.07, 6.45) is 4.88. The number of aromatic nitrogens is 4. The van der Waals surface area contributed by atoms with Crippen molar-refractivity contribution >= 4 is 27.4 Å². The maximum Gasteiger partial charge on any atom is 0.247 e. The smallest absolute Gasteiger partial charge is 0.247 e. The van der Waals surface area contributed by atoms with Gasteiger partial charge in [-0.1, -0.05) is 6.07 Å². The average molecular weight is 407 g/mol. The summed E-state index contributed by atoms with van der Waals surface area (Å²) in [6.45, 7) is 1.92. The number of benzene rings is 1. The molecule has 29 heavy (non-hydrogen) atoms. The van der Waals surface area contributed by atoms with Gasteiger partial charge in [-0.05, 0) is 54.3 Å². The number of halogens is 1. The first-order valence-electron chi connectivity index (χ1n) is 9.74. The first kappa shape index (κ1) is 17.0. The van der Waals surface area contributed by atoms with Crippen molar-refractivity contribution in [3.8, 4) is 11.5 Å². The zero-order chi connectivity index (χ0) is 19.4. The normalized spacial score (nSPS) is 20.4. The van der Waals surface area contributed by atoms with Gasteiger partial charge in [0.25, 0.3) is 0 Å². The quantitative estimate of drug-likeness (QED) is 0.492. The maximum atomic E-state index is 13.5. The van der Waals surface area contributed by atoms with Crippen LogP contribution in [0.2, 0.25) is 0 Å². The summed E-state index contributed by atoms with van der Waals surface area (Å²) in [5, 5.41) is 11.6. The van der Waals surface area contributed by atoms with Crippen LogP contribution in [0.15, 0.2) is 46.5 Å². The van der Waals surface area contributed by atoms with Gasteiger partial charge in [0, 0.05) is 24.6 Å². The summed E-state index contributed by atoms with van der Waals surface area (Å²) >= 11 is 1.65. The molecule has 1 aromatic carbocycles. The standard InChI is InChI=1S/C21H18FN5OS/c22-14-3-1-2-13(10-14)18-25-26-19(28-18)16-11-21(16)5-7-27(8-6-21)17-15-4-9-29-20(15)24-12-23-17/h1-4,9-10,12,16H,5-8,11H2/t16-/m1/s1. The highest BCUT2D eigenvalue weighted by molar-refractivity contribution is 7.16. The van der Waals surface area contributed by atoms with Crippen molar-refractivity contribution in [3.63, 3.8) is 0 Å². The second kappa shape index (κ2) is 6.32. The molecule has 6 nitrogen and oxygen atoms in total. The number of nitrogens with zero attached hydrogens (tertiary/aromatic N) is 5. The third-order valence-electron chi connectivity index (χ3n) is 6.30. The Morgan fingerprint density at radius 2 is 2.03 bits per heavy atom. The summed E-state index contributed by atoms with van der Waals surface area (Å²) in [5.41, 5.74) is 0.861. The first-order valence-corrected chi connectivity index (χ1v) is 10.6. The van der Waals surface area contributed by atoms with Gasteiger partial charge in [0.15, 0.2) is 0 Å². The summed E-state index contributed by atoms with van der Waals surface area (Å²) in [4.78, 5) is 12.3. The minimum Gasteiger partial charge on any atom is -0.420 e.